The van der Waals surface area contributed by atoms with Crippen LogP contribution in [0.4, 0.5) is 0 Å². The minimum absolute atomic E-state index is 0.0339. The summed E-state index contributed by atoms with van der Waals surface area (Å²) in [5, 5.41) is 14.1. The molecular weight excluding hydrogens is 200 g/mol. The molecule has 84 valence electrons. The van der Waals surface area contributed by atoms with Crippen molar-refractivity contribution in [2.45, 2.75) is 13.0 Å². The first-order chi connectivity index (χ1) is 7.81. The minimum Gasteiger partial charge on any atom is -0.384 e. The molecule has 0 aromatic heterocycles. The van der Waals surface area contributed by atoms with Crippen LogP contribution in [0.25, 0.3) is 0 Å². The van der Waals surface area contributed by atoms with E-state index in [1.165, 1.54) is 6.21 Å². The Hall–Kier alpha value is -1.84. The van der Waals surface area contributed by atoms with Crippen molar-refractivity contribution in [3.8, 4) is 0 Å². The summed E-state index contributed by atoms with van der Waals surface area (Å²) in [6.45, 7) is 2.76. The number of allylic oxidation sites excluding steroid dienone is 2. The molecule has 0 aromatic rings. The summed E-state index contributed by atoms with van der Waals surface area (Å²) in [4.78, 5) is 4.14. The molecule has 0 aliphatic carbocycles. The smallest absolute Gasteiger partial charge is 0.0988 e. The van der Waals surface area contributed by atoms with E-state index in [4.69, 9.17) is 5.41 Å². The van der Waals surface area contributed by atoms with Crippen LogP contribution < -0.4 is 10.6 Å². The molecule has 4 heteroatoms. The van der Waals surface area contributed by atoms with Crippen molar-refractivity contribution < 1.29 is 0 Å². The fourth-order valence-electron chi connectivity index (χ4n) is 1.87. The summed E-state index contributed by atoms with van der Waals surface area (Å²) < 4.78 is 0. The van der Waals surface area contributed by atoms with Gasteiger partial charge in [0.1, 0.15) is 0 Å². The standard InChI is InChI=1S/C12H16N4/c1-9-14-7-5-12(16-9)10(8-13)11-4-2-3-6-15-11/h2-5,7-8,10,12-13,15H,6H2,1H3,(H,14,16). The largest absolute Gasteiger partial charge is 0.384 e. The van der Waals surface area contributed by atoms with Gasteiger partial charge in [0.15, 0.2) is 0 Å². The van der Waals surface area contributed by atoms with E-state index in [2.05, 4.69) is 21.7 Å². The quantitative estimate of drug-likeness (QED) is 0.621. The summed E-state index contributed by atoms with van der Waals surface area (Å²) in [5.74, 6) is 0.929. The van der Waals surface area contributed by atoms with Crippen LogP contribution in [0.2, 0.25) is 0 Å². The minimum atomic E-state index is 0.0339. The van der Waals surface area contributed by atoms with Gasteiger partial charge >= 0.3 is 0 Å². The lowest BCUT2D eigenvalue weighted by molar-refractivity contribution is 0.591. The molecule has 3 N–H and O–H groups in total. The fourth-order valence-corrected chi connectivity index (χ4v) is 1.87. The van der Waals surface area contributed by atoms with Crippen molar-refractivity contribution in [3.05, 3.63) is 36.2 Å². The zero-order valence-corrected chi connectivity index (χ0v) is 9.27. The molecule has 2 aliphatic rings. The van der Waals surface area contributed by atoms with E-state index in [9.17, 15) is 0 Å². The summed E-state index contributed by atoms with van der Waals surface area (Å²) in [7, 11) is 0. The number of rotatable bonds is 3. The van der Waals surface area contributed by atoms with E-state index in [1.54, 1.807) is 6.20 Å². The zero-order valence-electron chi connectivity index (χ0n) is 9.27. The van der Waals surface area contributed by atoms with E-state index in [0.717, 1.165) is 18.1 Å². The van der Waals surface area contributed by atoms with Gasteiger partial charge in [-0.15, -0.1) is 0 Å². The van der Waals surface area contributed by atoms with E-state index in [1.807, 2.05) is 25.2 Å². The predicted molar refractivity (Wildman–Crippen MR) is 66.7 cm³/mol. The van der Waals surface area contributed by atoms with Crippen LogP contribution >= 0.6 is 0 Å². The average Bonchev–Trinajstić information content (AvgIpc) is 2.31. The Bertz CT molecular complexity index is 390. The Labute approximate surface area is 95.4 Å². The molecule has 0 bridgehead atoms. The third-order valence-corrected chi connectivity index (χ3v) is 2.70. The van der Waals surface area contributed by atoms with Gasteiger partial charge in [-0.1, -0.05) is 12.2 Å². The lowest BCUT2D eigenvalue weighted by atomic mass is 9.95. The van der Waals surface area contributed by atoms with Crippen molar-refractivity contribution >= 4 is 12.1 Å². The van der Waals surface area contributed by atoms with Crippen LogP contribution in [0.5, 0.6) is 0 Å². The highest BCUT2D eigenvalue weighted by Crippen LogP contribution is 2.16. The second-order valence-electron chi connectivity index (χ2n) is 3.85. The normalized spacial score (nSPS) is 24.9. The molecule has 4 nitrogen and oxygen atoms in total. The number of dihydropyridines is 1. The Morgan fingerprint density at radius 1 is 1.62 bits per heavy atom. The summed E-state index contributed by atoms with van der Waals surface area (Å²) in [6.07, 6.45) is 11.4. The predicted octanol–water partition coefficient (Wildman–Crippen LogP) is 1.20. The topological polar surface area (TPSA) is 60.3 Å². The lowest BCUT2D eigenvalue weighted by Gasteiger charge is -2.28. The monoisotopic (exact) mass is 216 g/mol. The highest BCUT2D eigenvalue weighted by atomic mass is 15.0. The van der Waals surface area contributed by atoms with Crippen LogP contribution in [0.1, 0.15) is 6.92 Å². The number of hydrogen-bond donors (Lipinski definition) is 3. The molecular formula is C12H16N4. The lowest BCUT2D eigenvalue weighted by Crippen LogP contribution is -2.43. The van der Waals surface area contributed by atoms with Crippen LogP contribution in [-0.2, 0) is 0 Å². The molecule has 2 rings (SSSR count). The number of nitrogens with one attached hydrogen (secondary N) is 3. The highest BCUT2D eigenvalue weighted by Gasteiger charge is 2.22. The zero-order chi connectivity index (χ0) is 11.4. The van der Waals surface area contributed by atoms with Gasteiger partial charge in [0.05, 0.1) is 17.8 Å². The van der Waals surface area contributed by atoms with E-state index >= 15 is 0 Å². The van der Waals surface area contributed by atoms with Crippen LogP contribution in [0.15, 0.2) is 41.2 Å². The van der Waals surface area contributed by atoms with E-state index in [0.29, 0.717) is 0 Å². The van der Waals surface area contributed by atoms with Crippen molar-refractivity contribution in [1.82, 2.24) is 10.6 Å². The van der Waals surface area contributed by atoms with Crippen LogP contribution in [-0.4, -0.2) is 24.6 Å². The second kappa shape index (κ2) is 4.79. The van der Waals surface area contributed by atoms with Crippen LogP contribution in [0.3, 0.4) is 0 Å². The third-order valence-electron chi connectivity index (χ3n) is 2.70. The Kier molecular flexibility index (Phi) is 3.19. The summed E-state index contributed by atoms with van der Waals surface area (Å²) in [5.41, 5.74) is 1.08. The van der Waals surface area contributed by atoms with Gasteiger partial charge in [0, 0.05) is 24.7 Å². The fraction of sp³-hybridized carbons (Fsp3) is 0.333. The van der Waals surface area contributed by atoms with Gasteiger partial charge in [0.2, 0.25) is 0 Å². The Balaban J connectivity index is 2.14. The van der Waals surface area contributed by atoms with Crippen molar-refractivity contribution in [3.63, 3.8) is 0 Å². The van der Waals surface area contributed by atoms with E-state index in [-0.39, 0.29) is 12.0 Å². The van der Waals surface area contributed by atoms with Crippen LogP contribution in [0, 0.1) is 11.3 Å². The average molecular weight is 216 g/mol. The number of aliphatic imine (C=N–C) groups is 1. The molecule has 0 saturated heterocycles. The maximum absolute atomic E-state index is 7.55. The van der Waals surface area contributed by atoms with E-state index < -0.39 is 0 Å². The molecule has 16 heavy (non-hydrogen) atoms. The third kappa shape index (κ3) is 2.21. The van der Waals surface area contributed by atoms with Gasteiger partial charge in [0.25, 0.3) is 0 Å². The molecule has 0 spiro atoms. The molecule has 2 heterocycles. The van der Waals surface area contributed by atoms with Gasteiger partial charge in [-0.25, -0.2) is 4.99 Å². The SMILES string of the molecule is CC1=NC=CC(C(C=N)C2=CC=CCN2)N1. The Morgan fingerprint density at radius 2 is 2.50 bits per heavy atom. The second-order valence-corrected chi connectivity index (χ2v) is 3.85. The van der Waals surface area contributed by atoms with Gasteiger partial charge in [-0.05, 0) is 19.1 Å². The van der Waals surface area contributed by atoms with Crippen molar-refractivity contribution in [2.75, 3.05) is 6.54 Å². The van der Waals surface area contributed by atoms with Crippen molar-refractivity contribution in [1.29, 1.82) is 5.41 Å². The molecule has 2 unspecified atom stereocenters. The van der Waals surface area contributed by atoms with Gasteiger partial charge in [-0.3, -0.25) is 0 Å². The first kappa shape index (κ1) is 10.7. The molecule has 0 amide bonds. The van der Waals surface area contributed by atoms with Gasteiger partial charge in [-0.2, -0.15) is 0 Å². The molecule has 0 radical (unpaired) electrons. The molecule has 0 saturated carbocycles. The number of amidine groups is 1. The molecule has 2 aliphatic heterocycles. The molecule has 0 aromatic carbocycles. The maximum atomic E-state index is 7.55. The number of nitrogens with zero attached hydrogens (tertiary/aromatic N) is 1. The first-order valence-electron chi connectivity index (χ1n) is 5.40. The maximum Gasteiger partial charge on any atom is 0.0988 e. The van der Waals surface area contributed by atoms with Crippen molar-refractivity contribution in [2.24, 2.45) is 10.9 Å². The number of hydrogen-bond acceptors (Lipinski definition) is 4. The first-order valence-corrected chi connectivity index (χ1v) is 5.40. The Morgan fingerprint density at radius 3 is 3.12 bits per heavy atom. The summed E-state index contributed by atoms with van der Waals surface area (Å²) in [6, 6.07) is 0.111. The molecule has 0 fully saturated rings. The highest BCUT2D eigenvalue weighted by molar-refractivity contribution is 5.82. The molecule has 2 atom stereocenters. The van der Waals surface area contributed by atoms with Gasteiger partial charge < -0.3 is 16.0 Å². The summed E-state index contributed by atoms with van der Waals surface area (Å²) >= 11 is 0.